The van der Waals surface area contributed by atoms with Gasteiger partial charge in [-0.25, -0.2) is 9.97 Å². The zero-order valence-electron chi connectivity index (χ0n) is 19.8. The molecule has 4 heterocycles. The van der Waals surface area contributed by atoms with Crippen molar-refractivity contribution in [3.8, 4) is 0 Å². The second kappa shape index (κ2) is 7.74. The van der Waals surface area contributed by atoms with Crippen LogP contribution in [0.15, 0.2) is 24.4 Å². The van der Waals surface area contributed by atoms with E-state index in [9.17, 15) is 0 Å². The van der Waals surface area contributed by atoms with E-state index in [1.54, 1.807) is 0 Å². The predicted molar refractivity (Wildman–Crippen MR) is 133 cm³/mol. The number of hydrogen-bond acceptors (Lipinski definition) is 8. The summed E-state index contributed by atoms with van der Waals surface area (Å²) < 4.78 is 0. The number of nitrogen functional groups attached to an aromatic ring is 1. The fourth-order valence-electron chi connectivity index (χ4n) is 6.74. The Bertz CT molecular complexity index is 1050. The number of nitrogens with zero attached hydrogens (tertiary/aromatic N) is 5. The Morgan fingerprint density at radius 3 is 2.73 bits per heavy atom. The molecule has 176 valence electrons. The van der Waals surface area contributed by atoms with E-state index in [0.29, 0.717) is 17.4 Å². The molecule has 33 heavy (non-hydrogen) atoms. The molecule has 1 spiro atoms. The number of aromatic nitrogens is 2. The summed E-state index contributed by atoms with van der Waals surface area (Å²) in [6, 6.07) is 6.56. The summed E-state index contributed by atoms with van der Waals surface area (Å²) in [5.41, 5.74) is 21.0. The number of piperidine rings is 1. The first-order valence-electron chi connectivity index (χ1n) is 12.5. The molecule has 1 aromatic carbocycles. The molecule has 3 unspecified atom stereocenters. The average molecular weight is 449 g/mol. The number of hydrazine groups is 1. The molecule has 8 nitrogen and oxygen atoms in total. The van der Waals surface area contributed by atoms with E-state index in [0.717, 1.165) is 68.3 Å². The van der Waals surface area contributed by atoms with Gasteiger partial charge in [-0.05, 0) is 67.6 Å². The van der Waals surface area contributed by atoms with Gasteiger partial charge in [-0.2, -0.15) is 5.01 Å². The Morgan fingerprint density at radius 2 is 1.97 bits per heavy atom. The number of nitrogens with two attached hydrogens (primary N) is 2. The van der Waals surface area contributed by atoms with Crippen molar-refractivity contribution >= 4 is 23.0 Å². The van der Waals surface area contributed by atoms with Crippen LogP contribution in [0.5, 0.6) is 0 Å². The molecule has 1 saturated carbocycles. The van der Waals surface area contributed by atoms with E-state index in [4.69, 9.17) is 21.4 Å². The highest BCUT2D eigenvalue weighted by Crippen LogP contribution is 2.48. The highest BCUT2D eigenvalue weighted by atomic mass is 15.6. The fraction of sp³-hybridized carbons (Fsp3) is 0.600. The van der Waals surface area contributed by atoms with Crippen LogP contribution in [-0.4, -0.2) is 47.7 Å². The Morgan fingerprint density at radius 1 is 1.15 bits per heavy atom. The minimum Gasteiger partial charge on any atom is -0.398 e. The topological polar surface area (TPSA) is 99.6 Å². The van der Waals surface area contributed by atoms with Gasteiger partial charge in [0.15, 0.2) is 5.82 Å². The van der Waals surface area contributed by atoms with Crippen LogP contribution in [0, 0.1) is 11.3 Å². The maximum absolute atomic E-state index is 6.62. The molecule has 0 bridgehead atoms. The lowest BCUT2D eigenvalue weighted by Crippen LogP contribution is -2.48. The number of fused-ring (bicyclic) bond motifs is 2. The second-order valence-corrected chi connectivity index (χ2v) is 10.6. The highest BCUT2D eigenvalue weighted by molar-refractivity contribution is 5.68. The molecule has 2 fully saturated rings. The van der Waals surface area contributed by atoms with Crippen molar-refractivity contribution in [2.24, 2.45) is 17.1 Å². The Kier molecular flexibility index (Phi) is 4.92. The molecule has 0 radical (unpaired) electrons. The molecule has 3 aliphatic heterocycles. The minimum absolute atomic E-state index is 0.00463. The van der Waals surface area contributed by atoms with E-state index in [1.807, 2.05) is 18.3 Å². The van der Waals surface area contributed by atoms with Crippen LogP contribution in [0.3, 0.4) is 0 Å². The van der Waals surface area contributed by atoms with Crippen LogP contribution in [-0.2, 0) is 6.42 Å². The van der Waals surface area contributed by atoms with Crippen molar-refractivity contribution in [1.29, 1.82) is 0 Å². The van der Waals surface area contributed by atoms with Gasteiger partial charge in [0.1, 0.15) is 17.7 Å². The Hall–Kier alpha value is -2.58. The zero-order valence-corrected chi connectivity index (χ0v) is 19.8. The summed E-state index contributed by atoms with van der Waals surface area (Å²) in [6.07, 6.45) is 8.92. The molecule has 4 aliphatic rings. The molecule has 6 rings (SSSR count). The first-order valence-corrected chi connectivity index (χ1v) is 12.5. The SMILES string of the molecule is CC1CCC2(CCN(c3cnc4c(n3)NN(C)C4N3CCCc4c(N)cccc43)CC2)C1N. The summed E-state index contributed by atoms with van der Waals surface area (Å²) in [4.78, 5) is 14.8. The van der Waals surface area contributed by atoms with Gasteiger partial charge >= 0.3 is 0 Å². The van der Waals surface area contributed by atoms with Gasteiger partial charge in [0.2, 0.25) is 0 Å². The van der Waals surface area contributed by atoms with Gasteiger partial charge in [0.05, 0.1) is 6.20 Å². The van der Waals surface area contributed by atoms with Gasteiger partial charge in [-0.1, -0.05) is 13.0 Å². The summed E-state index contributed by atoms with van der Waals surface area (Å²) >= 11 is 0. The lowest BCUT2D eigenvalue weighted by molar-refractivity contribution is 0.186. The molecule has 2 aromatic rings. The molecule has 1 aliphatic carbocycles. The van der Waals surface area contributed by atoms with Crippen LogP contribution < -0.4 is 26.7 Å². The van der Waals surface area contributed by atoms with Gasteiger partial charge < -0.3 is 21.3 Å². The maximum atomic E-state index is 6.62. The van der Waals surface area contributed by atoms with Crippen LogP contribution in [0.1, 0.15) is 56.5 Å². The van der Waals surface area contributed by atoms with Gasteiger partial charge in [0, 0.05) is 44.1 Å². The number of rotatable bonds is 2. The largest absolute Gasteiger partial charge is 0.398 e. The smallest absolute Gasteiger partial charge is 0.168 e. The molecule has 8 heteroatoms. The quantitative estimate of drug-likeness (QED) is 0.603. The summed E-state index contributed by atoms with van der Waals surface area (Å²) in [6.45, 7) is 5.30. The van der Waals surface area contributed by atoms with E-state index < -0.39 is 0 Å². The molecule has 1 saturated heterocycles. The van der Waals surface area contributed by atoms with E-state index >= 15 is 0 Å². The number of nitrogens with one attached hydrogen (secondary N) is 1. The highest BCUT2D eigenvalue weighted by Gasteiger charge is 2.46. The summed E-state index contributed by atoms with van der Waals surface area (Å²) in [5, 5.41) is 2.12. The maximum Gasteiger partial charge on any atom is 0.168 e. The number of benzene rings is 1. The standard InChI is InChI=1S/C25H36N8/c1-16-8-9-25(22(16)27)10-13-32(14-11-25)20-15-28-21-23(29-20)30-31(2)24(21)33-12-4-5-17-18(26)6-3-7-19(17)33/h3,6-7,15-16,22,24H,4-5,8-14,26-27H2,1-2H3,(H,29,30). The van der Waals surface area contributed by atoms with Crippen molar-refractivity contribution in [1.82, 2.24) is 15.0 Å². The average Bonchev–Trinajstić information content (AvgIpc) is 3.30. The first-order chi connectivity index (χ1) is 16.0. The molecule has 0 amide bonds. The molecule has 5 N–H and O–H groups in total. The predicted octanol–water partition coefficient (Wildman–Crippen LogP) is 3.13. The van der Waals surface area contributed by atoms with Crippen molar-refractivity contribution < 1.29 is 0 Å². The summed E-state index contributed by atoms with van der Waals surface area (Å²) in [5.74, 6) is 2.47. The molecular weight excluding hydrogens is 412 g/mol. The Labute approximate surface area is 196 Å². The lowest BCUT2D eigenvalue weighted by atomic mass is 9.73. The van der Waals surface area contributed by atoms with Crippen molar-refractivity contribution in [2.45, 2.75) is 57.7 Å². The number of hydrogen-bond donors (Lipinski definition) is 3. The van der Waals surface area contributed by atoms with Crippen LogP contribution in [0.4, 0.5) is 23.0 Å². The van der Waals surface area contributed by atoms with Crippen LogP contribution in [0.25, 0.3) is 0 Å². The van der Waals surface area contributed by atoms with E-state index in [-0.39, 0.29) is 6.17 Å². The van der Waals surface area contributed by atoms with Crippen molar-refractivity contribution in [2.75, 3.05) is 47.6 Å². The van der Waals surface area contributed by atoms with Crippen LogP contribution in [0.2, 0.25) is 0 Å². The van der Waals surface area contributed by atoms with Gasteiger partial charge in [-0.15, -0.1) is 0 Å². The third-order valence-corrected chi connectivity index (χ3v) is 8.80. The van der Waals surface area contributed by atoms with Crippen molar-refractivity contribution in [3.05, 3.63) is 35.7 Å². The zero-order chi connectivity index (χ0) is 22.7. The minimum atomic E-state index is 0.00463. The third-order valence-electron chi connectivity index (χ3n) is 8.80. The summed E-state index contributed by atoms with van der Waals surface area (Å²) in [7, 11) is 2.07. The molecule has 3 atom stereocenters. The normalized spacial score (nSPS) is 28.6. The second-order valence-electron chi connectivity index (χ2n) is 10.6. The monoisotopic (exact) mass is 448 g/mol. The van der Waals surface area contributed by atoms with Crippen molar-refractivity contribution in [3.63, 3.8) is 0 Å². The van der Waals surface area contributed by atoms with E-state index in [1.165, 1.54) is 24.1 Å². The van der Waals surface area contributed by atoms with E-state index in [2.05, 4.69) is 40.3 Å². The first kappa shape index (κ1) is 21.0. The van der Waals surface area contributed by atoms with Crippen LogP contribution >= 0.6 is 0 Å². The molecule has 1 aromatic heterocycles. The van der Waals surface area contributed by atoms with Gasteiger partial charge in [-0.3, -0.25) is 5.43 Å². The fourth-order valence-corrected chi connectivity index (χ4v) is 6.74. The molecular formula is C25H36N8. The lowest BCUT2D eigenvalue weighted by Gasteiger charge is -2.43. The number of anilines is 4. The van der Waals surface area contributed by atoms with Gasteiger partial charge in [0.25, 0.3) is 0 Å². The Balaban J connectivity index is 1.23. The third kappa shape index (κ3) is 3.26.